The number of phenols is 1. The van der Waals surface area contributed by atoms with Crippen LogP contribution < -0.4 is 0 Å². The van der Waals surface area contributed by atoms with Gasteiger partial charge in [-0.05, 0) is 65.0 Å². The number of phenolic OH excluding ortho intramolecular Hbond substituents is 1. The number of aromatic hydroxyl groups is 1. The monoisotopic (exact) mass is 422 g/mol. The molecular formula is C29H26O3. The Bertz CT molecular complexity index is 1400. The van der Waals surface area contributed by atoms with E-state index in [4.69, 9.17) is 4.74 Å². The van der Waals surface area contributed by atoms with Crippen molar-refractivity contribution in [3.63, 3.8) is 0 Å². The zero-order chi connectivity index (χ0) is 22.0. The van der Waals surface area contributed by atoms with Gasteiger partial charge in [0.05, 0.1) is 5.56 Å². The van der Waals surface area contributed by atoms with E-state index in [1.54, 1.807) is 0 Å². The maximum atomic E-state index is 13.5. The highest BCUT2D eigenvalue weighted by molar-refractivity contribution is 6.04. The summed E-state index contributed by atoms with van der Waals surface area (Å²) in [7, 11) is 0. The summed E-state index contributed by atoms with van der Waals surface area (Å²) in [5.74, 6) is 0.638. The molecule has 0 saturated heterocycles. The van der Waals surface area contributed by atoms with Crippen molar-refractivity contribution in [1.29, 1.82) is 0 Å². The summed E-state index contributed by atoms with van der Waals surface area (Å²) in [5, 5.41) is 15.2. The van der Waals surface area contributed by atoms with Gasteiger partial charge in [0, 0.05) is 16.5 Å². The van der Waals surface area contributed by atoms with Gasteiger partial charge < -0.3 is 9.84 Å². The second-order valence-electron chi connectivity index (χ2n) is 9.45. The molecule has 3 unspecified atom stereocenters. The van der Waals surface area contributed by atoms with Crippen LogP contribution in [0, 0.1) is 5.92 Å². The number of hydrogen-bond donors (Lipinski definition) is 1. The van der Waals surface area contributed by atoms with Crippen molar-refractivity contribution in [1.82, 2.24) is 0 Å². The zero-order valence-electron chi connectivity index (χ0n) is 18.4. The van der Waals surface area contributed by atoms with Crippen LogP contribution in [0.25, 0.3) is 21.5 Å². The first kappa shape index (κ1) is 19.4. The van der Waals surface area contributed by atoms with Crippen LogP contribution in [0.1, 0.15) is 59.7 Å². The number of rotatable bonds is 3. The average Bonchev–Trinajstić information content (AvgIpc) is 3.30. The van der Waals surface area contributed by atoms with Gasteiger partial charge in [0.1, 0.15) is 11.4 Å². The lowest BCUT2D eigenvalue weighted by Gasteiger charge is -2.32. The van der Waals surface area contributed by atoms with E-state index < -0.39 is 5.60 Å². The maximum Gasteiger partial charge on any atom is 0.339 e. The third-order valence-electron chi connectivity index (χ3n) is 7.71. The molecule has 4 aromatic rings. The van der Waals surface area contributed by atoms with Crippen LogP contribution in [0.15, 0.2) is 66.7 Å². The molecule has 0 heterocycles. The summed E-state index contributed by atoms with van der Waals surface area (Å²) in [6, 6.07) is 22.0. The number of carbonyl (C=O) groups excluding carboxylic acids is 1. The molecule has 0 amide bonds. The summed E-state index contributed by atoms with van der Waals surface area (Å²) in [6.07, 6.45) is 2.42. The summed E-state index contributed by atoms with van der Waals surface area (Å²) in [4.78, 5) is 13.5. The highest BCUT2D eigenvalue weighted by atomic mass is 16.6. The fourth-order valence-corrected chi connectivity index (χ4v) is 6.23. The van der Waals surface area contributed by atoms with Crippen molar-refractivity contribution in [3.8, 4) is 5.75 Å². The molecule has 3 nitrogen and oxygen atoms in total. The van der Waals surface area contributed by atoms with Crippen LogP contribution in [0.4, 0.5) is 0 Å². The second kappa shape index (κ2) is 6.83. The maximum absolute atomic E-state index is 13.5. The first-order valence-corrected chi connectivity index (χ1v) is 11.5. The van der Waals surface area contributed by atoms with E-state index in [0.29, 0.717) is 17.2 Å². The molecule has 160 valence electrons. The van der Waals surface area contributed by atoms with E-state index in [9.17, 15) is 9.90 Å². The first-order valence-electron chi connectivity index (χ1n) is 11.5. The highest BCUT2D eigenvalue weighted by Gasteiger charge is 2.57. The van der Waals surface area contributed by atoms with Gasteiger partial charge in [-0.25, -0.2) is 4.79 Å². The lowest BCUT2D eigenvalue weighted by Crippen LogP contribution is -2.30. The minimum absolute atomic E-state index is 0.208. The van der Waals surface area contributed by atoms with Crippen molar-refractivity contribution in [2.45, 2.75) is 44.6 Å². The molecule has 0 aromatic heterocycles. The Labute approximate surface area is 187 Å². The standard InChI is InChI=1S/C29H26O3/c1-3-18-9-6-12-21-23(18)14-25-26(27(21)30)24-16-29(25,15-17(24)2)32-28(31)22-13-7-10-19-8-4-5-11-20(19)22/h4-14,17,24,30H,3,15-16H2,1-2H3. The predicted molar refractivity (Wildman–Crippen MR) is 127 cm³/mol. The Morgan fingerprint density at radius 3 is 2.59 bits per heavy atom. The molecule has 4 aromatic carbocycles. The molecule has 1 N–H and O–H groups in total. The minimum atomic E-state index is -0.681. The van der Waals surface area contributed by atoms with Crippen molar-refractivity contribution in [2.75, 3.05) is 0 Å². The van der Waals surface area contributed by atoms with Crippen LogP contribution >= 0.6 is 0 Å². The molecule has 0 aliphatic heterocycles. The van der Waals surface area contributed by atoms with E-state index in [0.717, 1.165) is 51.9 Å². The van der Waals surface area contributed by atoms with Crippen molar-refractivity contribution in [3.05, 3.63) is 89.0 Å². The van der Waals surface area contributed by atoms with E-state index in [1.165, 1.54) is 5.56 Å². The van der Waals surface area contributed by atoms with Crippen LogP contribution in [-0.4, -0.2) is 11.1 Å². The summed E-state index contributed by atoms with van der Waals surface area (Å²) >= 11 is 0. The predicted octanol–water partition coefficient (Wildman–Crippen LogP) is 6.84. The molecule has 2 aliphatic rings. The Balaban J connectivity index is 1.50. The molecule has 3 heteroatoms. The minimum Gasteiger partial charge on any atom is -0.507 e. The number of fused-ring (bicyclic) bond motifs is 7. The smallest absolute Gasteiger partial charge is 0.339 e. The molecule has 3 atom stereocenters. The Kier molecular flexibility index (Phi) is 4.13. The molecule has 2 aliphatic carbocycles. The van der Waals surface area contributed by atoms with Gasteiger partial charge in [0.25, 0.3) is 0 Å². The topological polar surface area (TPSA) is 46.5 Å². The van der Waals surface area contributed by atoms with Crippen LogP contribution in [-0.2, 0) is 16.8 Å². The summed E-state index contributed by atoms with van der Waals surface area (Å²) in [5.41, 5.74) is 3.10. The molecule has 32 heavy (non-hydrogen) atoms. The number of hydrogen-bond acceptors (Lipinski definition) is 3. The Morgan fingerprint density at radius 1 is 1.00 bits per heavy atom. The molecule has 1 saturated carbocycles. The average molecular weight is 423 g/mol. The quantitative estimate of drug-likeness (QED) is 0.368. The van der Waals surface area contributed by atoms with Crippen LogP contribution in [0.5, 0.6) is 5.75 Å². The van der Waals surface area contributed by atoms with Gasteiger partial charge >= 0.3 is 5.97 Å². The van der Waals surface area contributed by atoms with Gasteiger partial charge in [-0.3, -0.25) is 0 Å². The molecule has 0 spiro atoms. The van der Waals surface area contributed by atoms with Crippen LogP contribution in [0.3, 0.4) is 0 Å². The third kappa shape index (κ3) is 2.57. The Hall–Kier alpha value is -3.33. The number of carbonyl (C=O) groups is 1. The van der Waals surface area contributed by atoms with Gasteiger partial charge in [-0.1, -0.05) is 68.4 Å². The summed E-state index contributed by atoms with van der Waals surface area (Å²) < 4.78 is 6.41. The molecular weight excluding hydrogens is 396 g/mol. The van der Waals surface area contributed by atoms with Gasteiger partial charge in [-0.15, -0.1) is 0 Å². The molecule has 0 radical (unpaired) electrons. The van der Waals surface area contributed by atoms with Crippen molar-refractivity contribution >= 4 is 27.5 Å². The third-order valence-corrected chi connectivity index (χ3v) is 7.71. The number of ether oxygens (including phenoxy) is 1. The number of benzene rings is 4. The van der Waals surface area contributed by atoms with E-state index in [2.05, 4.69) is 26.0 Å². The normalized spacial score (nSPS) is 23.6. The first-order chi connectivity index (χ1) is 15.5. The van der Waals surface area contributed by atoms with Crippen molar-refractivity contribution < 1.29 is 14.6 Å². The Morgan fingerprint density at radius 2 is 1.75 bits per heavy atom. The lowest BCUT2D eigenvalue weighted by molar-refractivity contribution is -0.0177. The molecule has 6 rings (SSSR count). The number of aryl methyl sites for hydroxylation is 1. The van der Waals surface area contributed by atoms with Gasteiger partial charge in [0.15, 0.2) is 0 Å². The van der Waals surface area contributed by atoms with Gasteiger partial charge in [-0.2, -0.15) is 0 Å². The van der Waals surface area contributed by atoms with E-state index >= 15 is 0 Å². The summed E-state index contributed by atoms with van der Waals surface area (Å²) in [6.45, 7) is 4.33. The van der Waals surface area contributed by atoms with Crippen molar-refractivity contribution in [2.24, 2.45) is 5.92 Å². The van der Waals surface area contributed by atoms with E-state index in [-0.39, 0.29) is 11.9 Å². The molecule has 2 bridgehead atoms. The molecule has 1 fully saturated rings. The largest absolute Gasteiger partial charge is 0.507 e. The number of esters is 1. The van der Waals surface area contributed by atoms with Gasteiger partial charge in [0.2, 0.25) is 0 Å². The van der Waals surface area contributed by atoms with Crippen LogP contribution in [0.2, 0.25) is 0 Å². The second-order valence-corrected chi connectivity index (χ2v) is 9.45. The zero-order valence-corrected chi connectivity index (χ0v) is 18.4. The lowest BCUT2D eigenvalue weighted by atomic mass is 9.80. The highest BCUT2D eigenvalue weighted by Crippen LogP contribution is 2.63. The fraction of sp³-hybridized carbons (Fsp3) is 0.276. The fourth-order valence-electron chi connectivity index (χ4n) is 6.23. The SMILES string of the molecule is CCc1cccc2c(O)c3c(cc12)C1(OC(=O)c2cccc4ccccc24)CC(C)C3C1. The van der Waals surface area contributed by atoms with E-state index in [1.807, 2.05) is 54.6 Å².